The van der Waals surface area contributed by atoms with Gasteiger partial charge in [-0.3, -0.25) is 9.69 Å². The SMILES string of the molecule is COc1ncccc1C(=O)NC1CCN(Cc2ccccc2)C1. The lowest BCUT2D eigenvalue weighted by atomic mass is 10.2. The molecule has 2 aromatic rings. The van der Waals surface area contributed by atoms with Gasteiger partial charge in [0.25, 0.3) is 5.91 Å². The smallest absolute Gasteiger partial charge is 0.257 e. The molecule has 1 aromatic carbocycles. The lowest BCUT2D eigenvalue weighted by Crippen LogP contribution is -2.37. The number of pyridine rings is 1. The van der Waals surface area contributed by atoms with Crippen LogP contribution in [0, 0.1) is 0 Å². The first-order valence-electron chi connectivity index (χ1n) is 7.82. The summed E-state index contributed by atoms with van der Waals surface area (Å²) in [6.45, 7) is 2.77. The quantitative estimate of drug-likeness (QED) is 0.919. The second kappa shape index (κ2) is 7.24. The Morgan fingerprint density at radius 3 is 2.91 bits per heavy atom. The van der Waals surface area contributed by atoms with Gasteiger partial charge in [0, 0.05) is 31.9 Å². The molecule has 0 aliphatic carbocycles. The zero-order valence-corrected chi connectivity index (χ0v) is 13.2. The Kier molecular flexibility index (Phi) is 4.88. The van der Waals surface area contributed by atoms with Gasteiger partial charge in [0.2, 0.25) is 5.88 Å². The topological polar surface area (TPSA) is 54.5 Å². The molecule has 1 saturated heterocycles. The van der Waals surface area contributed by atoms with E-state index in [1.165, 1.54) is 12.7 Å². The molecule has 0 saturated carbocycles. The summed E-state index contributed by atoms with van der Waals surface area (Å²) in [7, 11) is 1.52. The summed E-state index contributed by atoms with van der Waals surface area (Å²) in [4.78, 5) is 18.8. The van der Waals surface area contributed by atoms with Crippen LogP contribution in [0.15, 0.2) is 48.7 Å². The van der Waals surface area contributed by atoms with Crippen LogP contribution >= 0.6 is 0 Å². The summed E-state index contributed by atoms with van der Waals surface area (Å²) in [6, 6.07) is 14.0. The zero-order chi connectivity index (χ0) is 16.1. The fourth-order valence-corrected chi connectivity index (χ4v) is 2.93. The average Bonchev–Trinajstić information content (AvgIpc) is 3.02. The summed E-state index contributed by atoms with van der Waals surface area (Å²) < 4.78 is 5.15. The molecule has 1 aliphatic rings. The Balaban J connectivity index is 1.56. The van der Waals surface area contributed by atoms with E-state index in [1.54, 1.807) is 18.3 Å². The molecule has 2 heterocycles. The zero-order valence-electron chi connectivity index (χ0n) is 13.2. The Morgan fingerprint density at radius 1 is 1.30 bits per heavy atom. The van der Waals surface area contributed by atoms with Gasteiger partial charge in [-0.25, -0.2) is 4.98 Å². The molecule has 120 valence electrons. The Labute approximate surface area is 136 Å². The number of amides is 1. The van der Waals surface area contributed by atoms with E-state index in [-0.39, 0.29) is 11.9 Å². The number of methoxy groups -OCH3 is 1. The van der Waals surface area contributed by atoms with Gasteiger partial charge in [0.05, 0.1) is 7.11 Å². The van der Waals surface area contributed by atoms with Crippen LogP contribution < -0.4 is 10.1 Å². The van der Waals surface area contributed by atoms with E-state index in [9.17, 15) is 4.79 Å². The molecule has 0 radical (unpaired) electrons. The van der Waals surface area contributed by atoms with Crippen molar-refractivity contribution < 1.29 is 9.53 Å². The van der Waals surface area contributed by atoms with Gasteiger partial charge in [-0.2, -0.15) is 0 Å². The number of nitrogens with zero attached hydrogens (tertiary/aromatic N) is 2. The highest BCUT2D eigenvalue weighted by molar-refractivity contribution is 5.96. The van der Waals surface area contributed by atoms with Crippen LogP contribution in [0.3, 0.4) is 0 Å². The molecule has 1 amide bonds. The Hall–Kier alpha value is -2.40. The second-order valence-electron chi connectivity index (χ2n) is 5.74. The lowest BCUT2D eigenvalue weighted by Gasteiger charge is -2.17. The molecule has 1 atom stereocenters. The first-order chi connectivity index (χ1) is 11.3. The van der Waals surface area contributed by atoms with Crippen molar-refractivity contribution in [1.82, 2.24) is 15.2 Å². The second-order valence-corrected chi connectivity index (χ2v) is 5.74. The number of hydrogen-bond donors (Lipinski definition) is 1. The highest BCUT2D eigenvalue weighted by Crippen LogP contribution is 2.17. The van der Waals surface area contributed by atoms with Crippen LogP contribution in [0.4, 0.5) is 0 Å². The first kappa shape index (κ1) is 15.5. The van der Waals surface area contributed by atoms with Crippen molar-refractivity contribution in [3.05, 3.63) is 59.8 Å². The minimum atomic E-state index is -0.124. The predicted molar refractivity (Wildman–Crippen MR) is 88.4 cm³/mol. The van der Waals surface area contributed by atoms with Crippen LogP contribution in [0.1, 0.15) is 22.3 Å². The molecule has 1 aromatic heterocycles. The van der Waals surface area contributed by atoms with Crippen molar-refractivity contribution in [2.45, 2.75) is 19.0 Å². The third kappa shape index (κ3) is 3.87. The van der Waals surface area contributed by atoms with E-state index >= 15 is 0 Å². The third-order valence-corrected chi connectivity index (χ3v) is 4.07. The lowest BCUT2D eigenvalue weighted by molar-refractivity contribution is 0.0934. The molecule has 23 heavy (non-hydrogen) atoms. The monoisotopic (exact) mass is 311 g/mol. The largest absolute Gasteiger partial charge is 0.480 e. The summed E-state index contributed by atoms with van der Waals surface area (Å²) in [5.41, 5.74) is 1.78. The fraction of sp³-hybridized carbons (Fsp3) is 0.333. The number of benzene rings is 1. The molecule has 1 N–H and O–H groups in total. The van der Waals surface area contributed by atoms with Crippen molar-refractivity contribution >= 4 is 5.91 Å². The molecular formula is C18H21N3O2. The van der Waals surface area contributed by atoms with Gasteiger partial charge in [-0.15, -0.1) is 0 Å². The predicted octanol–water partition coefficient (Wildman–Crippen LogP) is 2.09. The van der Waals surface area contributed by atoms with Crippen molar-refractivity contribution in [3.8, 4) is 5.88 Å². The molecular weight excluding hydrogens is 290 g/mol. The minimum Gasteiger partial charge on any atom is -0.480 e. The molecule has 3 rings (SSSR count). The Bertz CT molecular complexity index is 660. The van der Waals surface area contributed by atoms with Crippen LogP contribution in [0.2, 0.25) is 0 Å². The van der Waals surface area contributed by atoms with E-state index in [2.05, 4.69) is 39.5 Å². The average molecular weight is 311 g/mol. The van der Waals surface area contributed by atoms with E-state index in [1.807, 2.05) is 6.07 Å². The van der Waals surface area contributed by atoms with Gasteiger partial charge in [0.1, 0.15) is 5.56 Å². The van der Waals surface area contributed by atoms with Crippen molar-refractivity contribution in [1.29, 1.82) is 0 Å². The number of carbonyl (C=O) groups excluding carboxylic acids is 1. The molecule has 1 aliphatic heterocycles. The highest BCUT2D eigenvalue weighted by atomic mass is 16.5. The van der Waals surface area contributed by atoms with Gasteiger partial charge < -0.3 is 10.1 Å². The van der Waals surface area contributed by atoms with E-state index in [0.29, 0.717) is 11.4 Å². The normalized spacial score (nSPS) is 17.9. The molecule has 1 unspecified atom stereocenters. The van der Waals surface area contributed by atoms with Gasteiger partial charge in [-0.1, -0.05) is 30.3 Å². The number of carbonyl (C=O) groups is 1. The maximum atomic E-state index is 12.4. The standard InChI is InChI=1S/C18H21N3O2/c1-23-18-16(8-5-10-19-18)17(22)20-15-9-11-21(13-15)12-14-6-3-2-4-7-14/h2-8,10,15H,9,11-13H2,1H3,(H,20,22). The molecule has 0 spiro atoms. The van der Waals surface area contributed by atoms with Crippen LogP contribution in [0.25, 0.3) is 0 Å². The minimum absolute atomic E-state index is 0.124. The number of nitrogens with one attached hydrogen (secondary N) is 1. The number of aromatic nitrogens is 1. The first-order valence-corrected chi connectivity index (χ1v) is 7.82. The number of rotatable bonds is 5. The number of ether oxygens (including phenoxy) is 1. The van der Waals surface area contributed by atoms with E-state index in [4.69, 9.17) is 4.74 Å². The number of likely N-dealkylation sites (tertiary alicyclic amines) is 1. The fourth-order valence-electron chi connectivity index (χ4n) is 2.93. The molecule has 1 fully saturated rings. The van der Waals surface area contributed by atoms with E-state index in [0.717, 1.165) is 26.1 Å². The molecule has 5 heteroatoms. The summed E-state index contributed by atoms with van der Waals surface area (Å²) in [5.74, 6) is 0.241. The molecule has 0 bridgehead atoms. The van der Waals surface area contributed by atoms with Crippen molar-refractivity contribution in [2.24, 2.45) is 0 Å². The van der Waals surface area contributed by atoms with Crippen LogP contribution in [-0.4, -0.2) is 42.0 Å². The molecule has 5 nitrogen and oxygen atoms in total. The van der Waals surface area contributed by atoms with Crippen molar-refractivity contribution in [2.75, 3.05) is 20.2 Å². The Morgan fingerprint density at radius 2 is 2.13 bits per heavy atom. The summed E-state index contributed by atoms with van der Waals surface area (Å²) in [6.07, 6.45) is 2.58. The maximum absolute atomic E-state index is 12.4. The summed E-state index contributed by atoms with van der Waals surface area (Å²) >= 11 is 0. The summed E-state index contributed by atoms with van der Waals surface area (Å²) in [5, 5.41) is 3.09. The third-order valence-electron chi connectivity index (χ3n) is 4.07. The van der Waals surface area contributed by atoms with Gasteiger partial charge in [0.15, 0.2) is 0 Å². The van der Waals surface area contributed by atoms with Crippen molar-refractivity contribution in [3.63, 3.8) is 0 Å². The number of hydrogen-bond acceptors (Lipinski definition) is 4. The van der Waals surface area contributed by atoms with E-state index < -0.39 is 0 Å². The maximum Gasteiger partial charge on any atom is 0.257 e. The highest BCUT2D eigenvalue weighted by Gasteiger charge is 2.25. The van der Waals surface area contributed by atoms with Crippen LogP contribution in [-0.2, 0) is 6.54 Å². The van der Waals surface area contributed by atoms with Crippen LogP contribution in [0.5, 0.6) is 5.88 Å². The van der Waals surface area contributed by atoms with Gasteiger partial charge in [-0.05, 0) is 24.1 Å². The van der Waals surface area contributed by atoms with Gasteiger partial charge >= 0.3 is 0 Å².